The molecule has 0 aliphatic carbocycles. The Morgan fingerprint density at radius 2 is 2.03 bits per heavy atom. The fourth-order valence-electron chi connectivity index (χ4n) is 4.04. The first-order chi connectivity index (χ1) is 16.2. The van der Waals surface area contributed by atoms with Gasteiger partial charge in [0.15, 0.2) is 5.84 Å². The molecule has 10 N–H and O–H groups in total. The number of amidine groups is 1. The fourth-order valence-corrected chi connectivity index (χ4v) is 6.87. The summed E-state index contributed by atoms with van der Waals surface area (Å²) in [6.07, 6.45) is 0.846. The SMILES string of the molecule is CCCn1c(N)nc2c(-c3ccc(S(=O)C4CNC4)c(S(N)(=O)=O)c3/C(N)=N/NN)cccc21. The number of nitrogens with zero attached hydrogens (tertiary/aromatic N) is 3. The first-order valence-corrected chi connectivity index (χ1v) is 13.3. The number of aromatic nitrogens is 2. The van der Waals surface area contributed by atoms with Crippen LogP contribution in [0, 0.1) is 0 Å². The first kappa shape index (κ1) is 24.1. The van der Waals surface area contributed by atoms with E-state index in [9.17, 15) is 12.6 Å². The molecule has 0 saturated carbocycles. The molecule has 4 rings (SSSR count). The number of primary sulfonamides is 1. The van der Waals surface area contributed by atoms with Gasteiger partial charge < -0.3 is 21.4 Å². The van der Waals surface area contributed by atoms with Crippen LogP contribution in [0.5, 0.6) is 0 Å². The Bertz CT molecular complexity index is 1410. The molecule has 0 bridgehead atoms. The maximum absolute atomic E-state index is 13.2. The Labute approximate surface area is 199 Å². The van der Waals surface area contributed by atoms with E-state index in [0.29, 0.717) is 42.2 Å². The van der Waals surface area contributed by atoms with Crippen molar-refractivity contribution in [2.45, 2.75) is 34.9 Å². The predicted molar refractivity (Wildman–Crippen MR) is 132 cm³/mol. The summed E-state index contributed by atoms with van der Waals surface area (Å²) in [6, 6.07) is 8.61. The van der Waals surface area contributed by atoms with Crippen molar-refractivity contribution >= 4 is 43.6 Å². The number of sulfonamides is 1. The van der Waals surface area contributed by atoms with Gasteiger partial charge in [0.25, 0.3) is 0 Å². The number of fused-ring (bicyclic) bond motifs is 1. The van der Waals surface area contributed by atoms with Gasteiger partial charge in [0, 0.05) is 30.8 Å². The molecular formula is C20H27N9O3S2. The second-order valence-corrected chi connectivity index (χ2v) is 11.1. The van der Waals surface area contributed by atoms with Crippen LogP contribution >= 0.6 is 0 Å². The monoisotopic (exact) mass is 505 g/mol. The molecule has 14 heteroatoms. The molecule has 1 fully saturated rings. The highest BCUT2D eigenvalue weighted by Crippen LogP contribution is 2.37. The Kier molecular flexibility index (Phi) is 6.60. The molecule has 182 valence electrons. The third kappa shape index (κ3) is 4.14. The molecule has 1 aliphatic heterocycles. The van der Waals surface area contributed by atoms with Gasteiger partial charge in [-0.05, 0) is 24.1 Å². The third-order valence-corrected chi connectivity index (χ3v) is 8.49. The summed E-state index contributed by atoms with van der Waals surface area (Å²) in [4.78, 5) is 4.23. The van der Waals surface area contributed by atoms with Crippen molar-refractivity contribution in [3.8, 4) is 11.1 Å². The lowest BCUT2D eigenvalue weighted by atomic mass is 9.97. The van der Waals surface area contributed by atoms with Gasteiger partial charge >= 0.3 is 0 Å². The molecule has 0 amide bonds. The summed E-state index contributed by atoms with van der Waals surface area (Å²) in [7, 11) is -6.03. The van der Waals surface area contributed by atoms with Crippen LogP contribution in [-0.4, -0.2) is 46.4 Å². The fraction of sp³-hybridized carbons (Fsp3) is 0.300. The highest BCUT2D eigenvalue weighted by molar-refractivity contribution is 7.91. The molecule has 1 unspecified atom stereocenters. The van der Waals surface area contributed by atoms with Crippen molar-refractivity contribution in [2.75, 3.05) is 18.8 Å². The van der Waals surface area contributed by atoms with Gasteiger partial charge in [-0.3, -0.25) is 4.21 Å². The molecule has 2 aromatic carbocycles. The molecule has 1 aromatic heterocycles. The summed E-state index contributed by atoms with van der Waals surface area (Å²) in [5.41, 5.74) is 16.7. The molecule has 1 atom stereocenters. The van der Waals surface area contributed by atoms with Crippen LogP contribution in [0.15, 0.2) is 45.2 Å². The van der Waals surface area contributed by atoms with Crippen LogP contribution in [0.4, 0.5) is 5.95 Å². The normalized spacial score (nSPS) is 15.9. The number of aryl methyl sites for hydroxylation is 1. The molecule has 2 heterocycles. The molecule has 12 nitrogen and oxygen atoms in total. The standard InChI is InChI=1S/C20H27N9O3S2/c1-2-8-29-14-5-3-4-13(17(14)26-20(29)22)12-6-7-15(33(30)11-9-25-10-11)18(34(24,31)32)16(12)19(21)27-28-23/h3-7,11,25,28H,2,8-10,23H2,1H3,(H2,21,27)(H2,22,26)(H2,24,31,32). The van der Waals surface area contributed by atoms with Crippen LogP contribution in [-0.2, 0) is 27.4 Å². The van der Waals surface area contributed by atoms with Crippen molar-refractivity contribution < 1.29 is 12.6 Å². The number of hydrogen-bond donors (Lipinski definition) is 6. The van der Waals surface area contributed by atoms with Crippen LogP contribution in [0.1, 0.15) is 18.9 Å². The molecular weight excluding hydrogens is 478 g/mol. The number of nitrogen functional groups attached to an aromatic ring is 1. The molecule has 0 spiro atoms. The quantitative estimate of drug-likeness (QED) is 0.101. The van der Waals surface area contributed by atoms with Crippen molar-refractivity contribution in [2.24, 2.45) is 21.8 Å². The average molecular weight is 506 g/mol. The van der Waals surface area contributed by atoms with E-state index in [1.165, 1.54) is 6.07 Å². The van der Waals surface area contributed by atoms with Crippen molar-refractivity contribution in [1.29, 1.82) is 0 Å². The minimum atomic E-state index is -4.38. The third-order valence-electron chi connectivity index (χ3n) is 5.66. The van der Waals surface area contributed by atoms with E-state index in [4.69, 9.17) is 22.4 Å². The van der Waals surface area contributed by atoms with Crippen molar-refractivity contribution in [3.05, 3.63) is 35.9 Å². The largest absolute Gasteiger partial charge is 0.382 e. The minimum absolute atomic E-state index is 0.00491. The van der Waals surface area contributed by atoms with Crippen LogP contribution < -0.4 is 33.3 Å². The van der Waals surface area contributed by atoms with E-state index in [-0.39, 0.29) is 26.4 Å². The van der Waals surface area contributed by atoms with E-state index < -0.39 is 20.8 Å². The number of imidazole rings is 1. The van der Waals surface area contributed by atoms with Gasteiger partial charge in [-0.1, -0.05) is 25.1 Å². The van der Waals surface area contributed by atoms with E-state index in [0.717, 1.165) is 11.9 Å². The van der Waals surface area contributed by atoms with E-state index in [1.807, 2.05) is 23.6 Å². The summed E-state index contributed by atoms with van der Waals surface area (Å²) >= 11 is 0. The maximum Gasteiger partial charge on any atom is 0.240 e. The van der Waals surface area contributed by atoms with Gasteiger partial charge in [0.2, 0.25) is 16.0 Å². The van der Waals surface area contributed by atoms with Crippen LogP contribution in [0.25, 0.3) is 22.2 Å². The number of para-hydroxylation sites is 1. The number of hydrazine groups is 1. The van der Waals surface area contributed by atoms with Gasteiger partial charge in [-0.15, -0.1) is 5.10 Å². The second-order valence-electron chi connectivity index (χ2n) is 7.86. The van der Waals surface area contributed by atoms with E-state index in [1.54, 1.807) is 12.1 Å². The summed E-state index contributed by atoms with van der Waals surface area (Å²) in [5.74, 6) is 5.44. The maximum atomic E-state index is 13.2. The number of hydrogen-bond acceptors (Lipinski definition) is 9. The highest BCUT2D eigenvalue weighted by atomic mass is 32.2. The number of benzene rings is 2. The predicted octanol–water partition coefficient (Wildman–Crippen LogP) is -0.494. The highest BCUT2D eigenvalue weighted by Gasteiger charge is 2.33. The molecule has 0 radical (unpaired) electrons. The molecule has 34 heavy (non-hydrogen) atoms. The molecule has 1 saturated heterocycles. The van der Waals surface area contributed by atoms with Gasteiger partial charge in [-0.25, -0.2) is 29.9 Å². The van der Waals surface area contributed by atoms with Crippen molar-refractivity contribution in [3.63, 3.8) is 0 Å². The number of rotatable bonds is 8. The lowest BCUT2D eigenvalue weighted by Gasteiger charge is -2.27. The first-order valence-electron chi connectivity index (χ1n) is 10.5. The number of nitrogens with two attached hydrogens (primary N) is 4. The number of nitrogens with one attached hydrogen (secondary N) is 2. The molecule has 3 aromatic rings. The Morgan fingerprint density at radius 1 is 1.29 bits per heavy atom. The Morgan fingerprint density at radius 3 is 2.62 bits per heavy atom. The topological polar surface area (TPSA) is 210 Å². The Balaban J connectivity index is 2.07. The zero-order valence-electron chi connectivity index (χ0n) is 18.5. The average Bonchev–Trinajstić information content (AvgIpc) is 3.06. The smallest absolute Gasteiger partial charge is 0.240 e. The number of hydrazone groups is 1. The second kappa shape index (κ2) is 9.31. The zero-order valence-corrected chi connectivity index (χ0v) is 20.1. The summed E-state index contributed by atoms with van der Waals surface area (Å²) in [6.45, 7) is 3.68. The number of anilines is 1. The summed E-state index contributed by atoms with van der Waals surface area (Å²) in [5, 5.41) is 12.2. The lowest BCUT2D eigenvalue weighted by molar-refractivity contribution is 0.525. The van der Waals surface area contributed by atoms with Crippen LogP contribution in [0.3, 0.4) is 0 Å². The summed E-state index contributed by atoms with van der Waals surface area (Å²) < 4.78 is 40.8. The van der Waals surface area contributed by atoms with Gasteiger partial charge in [0.05, 0.1) is 32.0 Å². The Hall–Kier alpha value is -3.04. The lowest BCUT2D eigenvalue weighted by Crippen LogP contribution is -2.49. The van der Waals surface area contributed by atoms with Gasteiger partial charge in [0.1, 0.15) is 4.90 Å². The molecule has 1 aliphatic rings. The van der Waals surface area contributed by atoms with E-state index in [2.05, 4.69) is 20.9 Å². The van der Waals surface area contributed by atoms with Gasteiger partial charge in [-0.2, -0.15) is 0 Å². The minimum Gasteiger partial charge on any atom is -0.382 e. The van der Waals surface area contributed by atoms with Crippen molar-refractivity contribution in [1.82, 2.24) is 20.4 Å². The van der Waals surface area contributed by atoms with Crippen LogP contribution in [0.2, 0.25) is 0 Å². The van der Waals surface area contributed by atoms with E-state index >= 15 is 0 Å². The zero-order chi connectivity index (χ0) is 24.6.